The Labute approximate surface area is 104 Å². The number of anilines is 1. The SMILES string of the molecule is Cn1ncnc1CS(=O)c1c(F)cc(N)cc1F. The summed E-state index contributed by atoms with van der Waals surface area (Å²) >= 11 is 0. The van der Waals surface area contributed by atoms with Crippen molar-refractivity contribution < 1.29 is 13.0 Å². The zero-order chi connectivity index (χ0) is 13.3. The molecular weight excluding hydrogens is 262 g/mol. The standard InChI is InChI=1S/C10H10F2N4OS/c1-16-9(14-5-15-16)4-18(17)10-7(11)2-6(13)3-8(10)12/h2-3,5H,4,13H2,1H3. The Bertz CT molecular complexity index is 591. The topological polar surface area (TPSA) is 73.8 Å². The van der Waals surface area contributed by atoms with Gasteiger partial charge in [0.2, 0.25) is 0 Å². The second kappa shape index (κ2) is 4.81. The van der Waals surface area contributed by atoms with Crippen LogP contribution in [0.4, 0.5) is 14.5 Å². The maximum Gasteiger partial charge on any atom is 0.144 e. The van der Waals surface area contributed by atoms with Crippen LogP contribution in [0.5, 0.6) is 0 Å². The molecule has 0 bridgehead atoms. The van der Waals surface area contributed by atoms with Crippen LogP contribution < -0.4 is 5.73 Å². The van der Waals surface area contributed by atoms with E-state index in [1.165, 1.54) is 11.0 Å². The van der Waals surface area contributed by atoms with Crippen molar-refractivity contribution in [2.24, 2.45) is 7.05 Å². The van der Waals surface area contributed by atoms with Gasteiger partial charge in [-0.15, -0.1) is 0 Å². The number of nitrogens with zero attached hydrogens (tertiary/aromatic N) is 3. The maximum atomic E-state index is 13.5. The third-order valence-corrected chi connectivity index (χ3v) is 3.68. The van der Waals surface area contributed by atoms with Crippen LogP contribution in [0.15, 0.2) is 23.4 Å². The van der Waals surface area contributed by atoms with Gasteiger partial charge in [-0.3, -0.25) is 8.89 Å². The van der Waals surface area contributed by atoms with Gasteiger partial charge in [-0.25, -0.2) is 13.8 Å². The smallest absolute Gasteiger partial charge is 0.144 e. The normalized spacial score (nSPS) is 12.6. The van der Waals surface area contributed by atoms with Crippen molar-refractivity contribution in [3.8, 4) is 0 Å². The summed E-state index contributed by atoms with van der Waals surface area (Å²) in [5, 5.41) is 3.79. The zero-order valence-corrected chi connectivity index (χ0v) is 10.2. The molecule has 0 radical (unpaired) electrons. The van der Waals surface area contributed by atoms with Gasteiger partial charge < -0.3 is 5.73 Å². The van der Waals surface area contributed by atoms with E-state index in [1.807, 2.05) is 0 Å². The van der Waals surface area contributed by atoms with E-state index in [9.17, 15) is 13.0 Å². The van der Waals surface area contributed by atoms with Crippen molar-refractivity contribution in [3.63, 3.8) is 0 Å². The Morgan fingerprint density at radius 3 is 2.50 bits per heavy atom. The van der Waals surface area contributed by atoms with Crippen LogP contribution in [0.2, 0.25) is 0 Å². The molecule has 1 aromatic heterocycles. The first-order valence-electron chi connectivity index (χ1n) is 4.95. The van der Waals surface area contributed by atoms with Crippen molar-refractivity contribution in [2.75, 3.05) is 5.73 Å². The minimum atomic E-state index is -1.88. The molecule has 2 aromatic rings. The molecule has 1 unspecified atom stereocenters. The first kappa shape index (κ1) is 12.6. The molecular formula is C10H10F2N4OS. The largest absolute Gasteiger partial charge is 0.399 e. The van der Waals surface area contributed by atoms with Crippen LogP contribution in [0, 0.1) is 11.6 Å². The number of rotatable bonds is 3. The average Bonchev–Trinajstić information content (AvgIpc) is 2.62. The number of halogens is 2. The molecule has 0 fully saturated rings. The number of hydrogen-bond donors (Lipinski definition) is 1. The first-order valence-corrected chi connectivity index (χ1v) is 6.26. The maximum absolute atomic E-state index is 13.5. The molecule has 0 aliphatic rings. The highest BCUT2D eigenvalue weighted by molar-refractivity contribution is 7.84. The highest BCUT2D eigenvalue weighted by Gasteiger charge is 2.18. The Hall–Kier alpha value is -1.83. The molecule has 0 aliphatic carbocycles. The molecule has 0 amide bonds. The lowest BCUT2D eigenvalue weighted by Gasteiger charge is -2.06. The van der Waals surface area contributed by atoms with E-state index in [0.717, 1.165) is 12.1 Å². The highest BCUT2D eigenvalue weighted by atomic mass is 32.2. The number of hydrogen-bond acceptors (Lipinski definition) is 4. The van der Waals surface area contributed by atoms with Crippen LogP contribution in [-0.4, -0.2) is 19.0 Å². The summed E-state index contributed by atoms with van der Waals surface area (Å²) in [6, 6.07) is 1.87. The van der Waals surface area contributed by atoms with Gasteiger partial charge >= 0.3 is 0 Å². The first-order chi connectivity index (χ1) is 8.49. The fraction of sp³-hybridized carbons (Fsp3) is 0.200. The lowest BCUT2D eigenvalue weighted by Crippen LogP contribution is -2.08. The molecule has 0 aliphatic heterocycles. The average molecular weight is 272 g/mol. The van der Waals surface area contributed by atoms with E-state index >= 15 is 0 Å². The molecule has 2 N–H and O–H groups in total. The Morgan fingerprint density at radius 2 is 2.00 bits per heavy atom. The van der Waals surface area contributed by atoms with Gasteiger partial charge in [0.1, 0.15) is 28.7 Å². The Kier molecular flexibility index (Phi) is 3.37. The lowest BCUT2D eigenvalue weighted by atomic mass is 10.3. The van der Waals surface area contributed by atoms with Gasteiger partial charge in [-0.05, 0) is 12.1 Å². The molecule has 96 valence electrons. The van der Waals surface area contributed by atoms with Crippen molar-refractivity contribution in [1.82, 2.24) is 14.8 Å². The lowest BCUT2D eigenvalue weighted by molar-refractivity contribution is 0.535. The molecule has 1 aromatic carbocycles. The number of aromatic nitrogens is 3. The summed E-state index contributed by atoms with van der Waals surface area (Å²) in [5.74, 6) is -1.58. The summed E-state index contributed by atoms with van der Waals surface area (Å²) in [6.45, 7) is 0. The molecule has 0 saturated heterocycles. The second-order valence-corrected chi connectivity index (χ2v) is 4.99. The van der Waals surface area contributed by atoms with Gasteiger partial charge in [0.15, 0.2) is 0 Å². The second-order valence-electron chi connectivity index (χ2n) is 3.60. The number of benzene rings is 1. The molecule has 0 spiro atoms. The van der Waals surface area contributed by atoms with E-state index in [1.54, 1.807) is 7.05 Å². The van der Waals surface area contributed by atoms with Crippen molar-refractivity contribution in [3.05, 3.63) is 35.9 Å². The molecule has 2 rings (SSSR count). The van der Waals surface area contributed by atoms with Crippen LogP contribution in [-0.2, 0) is 23.6 Å². The zero-order valence-electron chi connectivity index (χ0n) is 9.43. The molecule has 1 atom stereocenters. The number of aryl methyl sites for hydroxylation is 1. The highest BCUT2D eigenvalue weighted by Crippen LogP contribution is 2.21. The van der Waals surface area contributed by atoms with Crippen LogP contribution in [0.1, 0.15) is 5.82 Å². The summed E-state index contributed by atoms with van der Waals surface area (Å²) in [6.07, 6.45) is 1.28. The van der Waals surface area contributed by atoms with Crippen molar-refractivity contribution in [2.45, 2.75) is 10.6 Å². The summed E-state index contributed by atoms with van der Waals surface area (Å²) < 4.78 is 40.4. The van der Waals surface area contributed by atoms with E-state index in [0.29, 0.717) is 5.82 Å². The molecule has 18 heavy (non-hydrogen) atoms. The van der Waals surface area contributed by atoms with Crippen LogP contribution in [0.3, 0.4) is 0 Å². The van der Waals surface area contributed by atoms with Crippen molar-refractivity contribution >= 4 is 16.5 Å². The minimum absolute atomic E-state index is 0.0515. The predicted octanol–water partition coefficient (Wildman–Crippen LogP) is 0.983. The summed E-state index contributed by atoms with van der Waals surface area (Å²) in [7, 11) is -0.277. The van der Waals surface area contributed by atoms with Gasteiger partial charge in [-0.2, -0.15) is 5.10 Å². The van der Waals surface area contributed by atoms with E-state index < -0.39 is 27.3 Å². The molecule has 1 heterocycles. The minimum Gasteiger partial charge on any atom is -0.399 e. The Morgan fingerprint density at radius 1 is 1.39 bits per heavy atom. The number of nitrogens with two attached hydrogens (primary N) is 1. The summed E-state index contributed by atoms with van der Waals surface area (Å²) in [4.78, 5) is 3.35. The van der Waals surface area contributed by atoms with Crippen LogP contribution in [0.25, 0.3) is 0 Å². The van der Waals surface area contributed by atoms with Gasteiger partial charge in [-0.1, -0.05) is 0 Å². The van der Waals surface area contributed by atoms with E-state index in [4.69, 9.17) is 5.73 Å². The fourth-order valence-electron chi connectivity index (χ4n) is 1.44. The monoisotopic (exact) mass is 272 g/mol. The van der Waals surface area contributed by atoms with Crippen LogP contribution >= 0.6 is 0 Å². The van der Waals surface area contributed by atoms with Gasteiger partial charge in [0.05, 0.1) is 16.6 Å². The molecule has 5 nitrogen and oxygen atoms in total. The molecule has 0 saturated carbocycles. The van der Waals surface area contributed by atoms with Gasteiger partial charge in [0.25, 0.3) is 0 Å². The fourth-order valence-corrected chi connectivity index (χ4v) is 2.63. The van der Waals surface area contributed by atoms with Crippen molar-refractivity contribution in [1.29, 1.82) is 0 Å². The predicted molar refractivity (Wildman–Crippen MR) is 61.9 cm³/mol. The third-order valence-electron chi connectivity index (χ3n) is 2.31. The van der Waals surface area contributed by atoms with Gasteiger partial charge in [0, 0.05) is 12.7 Å². The van der Waals surface area contributed by atoms with E-state index in [-0.39, 0.29) is 11.4 Å². The Balaban J connectivity index is 2.33. The third kappa shape index (κ3) is 2.37. The molecule has 8 heteroatoms. The van der Waals surface area contributed by atoms with E-state index in [2.05, 4.69) is 10.1 Å². The quantitative estimate of drug-likeness (QED) is 0.845. The summed E-state index contributed by atoms with van der Waals surface area (Å²) in [5.41, 5.74) is 5.23. The number of nitrogen functional groups attached to an aromatic ring is 1.